The number of aromatic nitrogens is 1. The van der Waals surface area contributed by atoms with Gasteiger partial charge < -0.3 is 5.32 Å². The predicted octanol–water partition coefficient (Wildman–Crippen LogP) is 2.37. The Hall–Kier alpha value is -1.38. The number of nitrogens with one attached hydrogen (secondary N) is 1. The maximum absolute atomic E-state index is 11.5. The van der Waals surface area contributed by atoms with Gasteiger partial charge in [0.05, 0.1) is 0 Å². The Morgan fingerprint density at radius 1 is 1.57 bits per heavy atom. The average molecular weight is 192 g/mol. The molecule has 14 heavy (non-hydrogen) atoms. The first kappa shape index (κ1) is 10.7. The summed E-state index contributed by atoms with van der Waals surface area (Å²) < 4.78 is 0. The van der Waals surface area contributed by atoms with Crippen LogP contribution in [0.1, 0.15) is 25.8 Å². The normalized spacial score (nSPS) is 12.2. The molecule has 1 aromatic heterocycles. The molecule has 3 heteroatoms. The van der Waals surface area contributed by atoms with Crippen molar-refractivity contribution in [3.8, 4) is 0 Å². The van der Waals surface area contributed by atoms with Gasteiger partial charge in [-0.2, -0.15) is 0 Å². The van der Waals surface area contributed by atoms with Crippen molar-refractivity contribution in [2.75, 3.05) is 5.32 Å². The van der Waals surface area contributed by atoms with Crippen LogP contribution in [-0.2, 0) is 4.79 Å². The molecule has 0 saturated carbocycles. The largest absolute Gasteiger partial charge is 0.310 e. The van der Waals surface area contributed by atoms with E-state index in [0.29, 0.717) is 5.82 Å². The van der Waals surface area contributed by atoms with E-state index in [0.717, 1.165) is 12.0 Å². The molecule has 1 N–H and O–H groups in total. The van der Waals surface area contributed by atoms with Crippen LogP contribution >= 0.6 is 0 Å². The van der Waals surface area contributed by atoms with E-state index in [1.165, 1.54) is 0 Å². The summed E-state index contributed by atoms with van der Waals surface area (Å²) in [5, 5.41) is 2.77. The molecule has 0 spiro atoms. The molecular weight excluding hydrogens is 176 g/mol. The summed E-state index contributed by atoms with van der Waals surface area (Å²) in [5.74, 6) is 0.697. The third-order valence-corrected chi connectivity index (χ3v) is 2.22. The number of anilines is 1. The number of hydrogen-bond donors (Lipinski definition) is 1. The second-order valence-corrected chi connectivity index (χ2v) is 3.52. The summed E-state index contributed by atoms with van der Waals surface area (Å²) in [6.07, 6.45) is 2.59. The van der Waals surface area contributed by atoms with Crippen LogP contribution in [0.3, 0.4) is 0 Å². The smallest absolute Gasteiger partial charge is 0.228 e. The number of amides is 1. The quantitative estimate of drug-likeness (QED) is 0.798. The Bertz CT molecular complexity index is 306. The minimum absolute atomic E-state index is 0.0313. The van der Waals surface area contributed by atoms with Crippen molar-refractivity contribution in [2.45, 2.75) is 27.2 Å². The third kappa shape index (κ3) is 2.83. The van der Waals surface area contributed by atoms with Gasteiger partial charge in [0.2, 0.25) is 5.91 Å². The zero-order valence-corrected chi connectivity index (χ0v) is 8.87. The summed E-state index contributed by atoms with van der Waals surface area (Å²) in [4.78, 5) is 15.6. The lowest BCUT2D eigenvalue weighted by molar-refractivity contribution is -0.119. The van der Waals surface area contributed by atoms with E-state index in [9.17, 15) is 4.79 Å². The lowest BCUT2D eigenvalue weighted by Crippen LogP contribution is -2.20. The monoisotopic (exact) mass is 192 g/mol. The Morgan fingerprint density at radius 2 is 2.29 bits per heavy atom. The molecule has 0 unspecified atom stereocenters. The van der Waals surface area contributed by atoms with E-state index in [-0.39, 0.29) is 11.8 Å². The number of carbonyl (C=O) groups excluding carboxylic acids is 1. The summed E-state index contributed by atoms with van der Waals surface area (Å²) in [7, 11) is 0. The van der Waals surface area contributed by atoms with E-state index in [1.807, 2.05) is 32.9 Å². The van der Waals surface area contributed by atoms with Crippen molar-refractivity contribution in [3.63, 3.8) is 0 Å². The van der Waals surface area contributed by atoms with Gasteiger partial charge in [0.25, 0.3) is 0 Å². The molecule has 0 aliphatic heterocycles. The molecule has 0 fully saturated rings. The van der Waals surface area contributed by atoms with E-state index in [2.05, 4.69) is 10.3 Å². The fourth-order valence-corrected chi connectivity index (χ4v) is 0.977. The molecular formula is C11H16N2O. The predicted molar refractivity (Wildman–Crippen MR) is 57.1 cm³/mol. The van der Waals surface area contributed by atoms with Gasteiger partial charge in [-0.05, 0) is 25.0 Å². The third-order valence-electron chi connectivity index (χ3n) is 2.22. The van der Waals surface area contributed by atoms with Crippen LogP contribution in [0.5, 0.6) is 0 Å². The molecule has 1 rings (SSSR count). The van der Waals surface area contributed by atoms with E-state index >= 15 is 0 Å². The minimum atomic E-state index is 0.0313. The maximum atomic E-state index is 11.5. The SMILES string of the molecule is CC[C@H](C)C(=O)Nc1ccc(C)cn1. The van der Waals surface area contributed by atoms with Crippen molar-refractivity contribution in [2.24, 2.45) is 5.92 Å². The minimum Gasteiger partial charge on any atom is -0.310 e. The molecule has 0 aliphatic carbocycles. The van der Waals surface area contributed by atoms with Crippen LogP contribution in [0.25, 0.3) is 0 Å². The summed E-state index contributed by atoms with van der Waals surface area (Å²) in [6, 6.07) is 3.74. The second kappa shape index (κ2) is 4.74. The van der Waals surface area contributed by atoms with Crippen molar-refractivity contribution in [1.82, 2.24) is 4.98 Å². The lowest BCUT2D eigenvalue weighted by atomic mass is 10.1. The van der Waals surface area contributed by atoms with E-state index in [1.54, 1.807) is 6.20 Å². The zero-order chi connectivity index (χ0) is 10.6. The van der Waals surface area contributed by atoms with Crippen molar-refractivity contribution < 1.29 is 4.79 Å². The van der Waals surface area contributed by atoms with Crippen molar-refractivity contribution >= 4 is 11.7 Å². The Balaban J connectivity index is 2.60. The number of hydrogen-bond acceptors (Lipinski definition) is 2. The zero-order valence-electron chi connectivity index (χ0n) is 8.87. The highest BCUT2D eigenvalue weighted by Gasteiger charge is 2.10. The summed E-state index contributed by atoms with van der Waals surface area (Å²) >= 11 is 0. The highest BCUT2D eigenvalue weighted by atomic mass is 16.1. The summed E-state index contributed by atoms with van der Waals surface area (Å²) in [5.41, 5.74) is 1.09. The second-order valence-electron chi connectivity index (χ2n) is 3.52. The fraction of sp³-hybridized carbons (Fsp3) is 0.455. The molecule has 1 heterocycles. The van der Waals surface area contributed by atoms with Crippen LogP contribution in [0.15, 0.2) is 18.3 Å². The topological polar surface area (TPSA) is 42.0 Å². The fourth-order valence-electron chi connectivity index (χ4n) is 0.977. The number of carbonyl (C=O) groups is 1. The first-order valence-corrected chi connectivity index (χ1v) is 4.87. The van der Waals surface area contributed by atoms with Gasteiger partial charge in [-0.3, -0.25) is 4.79 Å². The molecule has 1 aromatic rings. The van der Waals surface area contributed by atoms with Gasteiger partial charge >= 0.3 is 0 Å². The van der Waals surface area contributed by atoms with Crippen LogP contribution in [0.4, 0.5) is 5.82 Å². The Labute approximate surface area is 84.6 Å². The highest BCUT2D eigenvalue weighted by Crippen LogP contribution is 2.07. The molecule has 0 saturated heterocycles. The average Bonchev–Trinajstić information content (AvgIpc) is 2.20. The summed E-state index contributed by atoms with van der Waals surface area (Å²) in [6.45, 7) is 5.86. The van der Waals surface area contributed by atoms with Crippen molar-refractivity contribution in [1.29, 1.82) is 0 Å². The molecule has 1 atom stereocenters. The van der Waals surface area contributed by atoms with Crippen LogP contribution in [-0.4, -0.2) is 10.9 Å². The standard InChI is InChI=1S/C11H16N2O/c1-4-9(3)11(14)13-10-6-5-8(2)7-12-10/h5-7,9H,4H2,1-3H3,(H,12,13,14)/t9-/m0/s1. The highest BCUT2D eigenvalue weighted by molar-refractivity contribution is 5.91. The van der Waals surface area contributed by atoms with Gasteiger partial charge in [0.15, 0.2) is 0 Å². The van der Waals surface area contributed by atoms with Gasteiger partial charge in [-0.15, -0.1) is 0 Å². The molecule has 3 nitrogen and oxygen atoms in total. The number of pyridine rings is 1. The van der Waals surface area contributed by atoms with Gasteiger partial charge in [-0.25, -0.2) is 4.98 Å². The maximum Gasteiger partial charge on any atom is 0.228 e. The van der Waals surface area contributed by atoms with Gasteiger partial charge in [0.1, 0.15) is 5.82 Å². The first-order chi connectivity index (χ1) is 6.63. The number of rotatable bonds is 3. The number of nitrogens with zero attached hydrogens (tertiary/aromatic N) is 1. The molecule has 0 radical (unpaired) electrons. The van der Waals surface area contributed by atoms with Gasteiger partial charge in [0, 0.05) is 12.1 Å². The molecule has 76 valence electrons. The van der Waals surface area contributed by atoms with Crippen molar-refractivity contribution in [3.05, 3.63) is 23.9 Å². The van der Waals surface area contributed by atoms with Crippen LogP contribution in [0.2, 0.25) is 0 Å². The molecule has 0 bridgehead atoms. The first-order valence-electron chi connectivity index (χ1n) is 4.87. The molecule has 0 aliphatic rings. The van der Waals surface area contributed by atoms with E-state index in [4.69, 9.17) is 0 Å². The Kier molecular flexibility index (Phi) is 3.63. The van der Waals surface area contributed by atoms with Crippen LogP contribution in [0, 0.1) is 12.8 Å². The van der Waals surface area contributed by atoms with Crippen LogP contribution < -0.4 is 5.32 Å². The Morgan fingerprint density at radius 3 is 2.79 bits per heavy atom. The molecule has 0 aromatic carbocycles. The molecule has 1 amide bonds. The number of aryl methyl sites for hydroxylation is 1. The van der Waals surface area contributed by atoms with E-state index < -0.39 is 0 Å². The van der Waals surface area contributed by atoms with Gasteiger partial charge in [-0.1, -0.05) is 19.9 Å². The lowest BCUT2D eigenvalue weighted by Gasteiger charge is -2.08.